The van der Waals surface area contributed by atoms with E-state index in [0.29, 0.717) is 17.4 Å². The van der Waals surface area contributed by atoms with Crippen LogP contribution in [0, 0.1) is 11.7 Å². The van der Waals surface area contributed by atoms with Crippen molar-refractivity contribution >= 4 is 16.8 Å². The van der Waals surface area contributed by atoms with Gasteiger partial charge in [0.25, 0.3) is 6.08 Å². The lowest BCUT2D eigenvalue weighted by Crippen LogP contribution is -2.13. The van der Waals surface area contributed by atoms with Gasteiger partial charge in [0.2, 0.25) is 0 Å². The molecule has 3 rings (SSSR count). The Morgan fingerprint density at radius 1 is 1.04 bits per heavy atom. The van der Waals surface area contributed by atoms with Gasteiger partial charge in [-0.1, -0.05) is 62.9 Å². The van der Waals surface area contributed by atoms with Crippen molar-refractivity contribution in [2.75, 3.05) is 0 Å². The molecule has 0 bridgehead atoms. The molecule has 2 aromatic rings. The van der Waals surface area contributed by atoms with Crippen LogP contribution in [0.15, 0.2) is 36.4 Å². The molecule has 140 valence electrons. The van der Waals surface area contributed by atoms with Crippen LogP contribution in [0.2, 0.25) is 0 Å². The summed E-state index contributed by atoms with van der Waals surface area (Å²) in [4.78, 5) is 0. The Bertz CT molecular complexity index is 766. The molecule has 0 amide bonds. The molecule has 1 saturated carbocycles. The third-order valence-corrected chi connectivity index (χ3v) is 5.81. The zero-order valence-electron chi connectivity index (χ0n) is 15.4. The normalized spacial score (nSPS) is 20.3. The Hall–Kier alpha value is -1.77. The fourth-order valence-electron chi connectivity index (χ4n) is 4.28. The molecule has 1 aliphatic rings. The van der Waals surface area contributed by atoms with Gasteiger partial charge in [0.15, 0.2) is 0 Å². The molecule has 0 heterocycles. The van der Waals surface area contributed by atoms with E-state index in [0.717, 1.165) is 11.3 Å². The number of unbranched alkanes of at least 4 members (excludes halogenated alkanes) is 2. The molecule has 0 unspecified atom stereocenters. The van der Waals surface area contributed by atoms with Crippen LogP contribution >= 0.6 is 0 Å². The summed E-state index contributed by atoms with van der Waals surface area (Å²) < 4.78 is 39.3. The predicted molar refractivity (Wildman–Crippen MR) is 103 cm³/mol. The predicted octanol–water partition coefficient (Wildman–Crippen LogP) is 8.07. The molecule has 2 aromatic carbocycles. The van der Waals surface area contributed by atoms with Crippen molar-refractivity contribution in [3.63, 3.8) is 0 Å². The topological polar surface area (TPSA) is 0 Å². The highest BCUT2D eigenvalue weighted by Crippen LogP contribution is 2.39. The Kier molecular flexibility index (Phi) is 6.39. The van der Waals surface area contributed by atoms with E-state index < -0.39 is 11.9 Å². The van der Waals surface area contributed by atoms with Crippen LogP contribution < -0.4 is 0 Å². The molecule has 3 heteroatoms. The van der Waals surface area contributed by atoms with E-state index in [4.69, 9.17) is 0 Å². The summed E-state index contributed by atoms with van der Waals surface area (Å²) in [6.07, 6.45) is 8.96. The number of hydrogen-bond acceptors (Lipinski definition) is 0. The average Bonchev–Trinajstić information content (AvgIpc) is 2.64. The summed E-state index contributed by atoms with van der Waals surface area (Å²) in [6, 6.07) is 8.95. The van der Waals surface area contributed by atoms with E-state index in [-0.39, 0.29) is 5.56 Å². The summed E-state index contributed by atoms with van der Waals surface area (Å²) in [5.41, 5.74) is 1.20. The minimum absolute atomic E-state index is 0.0576. The van der Waals surface area contributed by atoms with E-state index in [9.17, 15) is 13.2 Å². The van der Waals surface area contributed by atoms with E-state index >= 15 is 0 Å². The standard InChI is InChI=1S/C23H27F3/c1-2-3-4-5-16-6-8-17(9-7-16)18-12-13-21-19(14-18)10-11-20(23(21)26)15-22(24)25/h10-17H,2-9H2,1H3. The van der Waals surface area contributed by atoms with Crippen LogP contribution in [0.4, 0.5) is 13.2 Å². The molecule has 1 aliphatic carbocycles. The zero-order chi connectivity index (χ0) is 18.5. The Morgan fingerprint density at radius 3 is 2.50 bits per heavy atom. The van der Waals surface area contributed by atoms with Crippen LogP contribution in [0.5, 0.6) is 0 Å². The van der Waals surface area contributed by atoms with E-state index in [2.05, 4.69) is 6.92 Å². The van der Waals surface area contributed by atoms with Crippen molar-refractivity contribution in [3.8, 4) is 0 Å². The zero-order valence-corrected chi connectivity index (χ0v) is 15.4. The first kappa shape index (κ1) is 19.0. The number of hydrogen-bond donors (Lipinski definition) is 0. The third-order valence-electron chi connectivity index (χ3n) is 5.81. The van der Waals surface area contributed by atoms with Gasteiger partial charge in [-0.3, -0.25) is 0 Å². The number of benzene rings is 2. The van der Waals surface area contributed by atoms with Gasteiger partial charge >= 0.3 is 0 Å². The number of rotatable bonds is 6. The lowest BCUT2D eigenvalue weighted by atomic mass is 9.77. The summed E-state index contributed by atoms with van der Waals surface area (Å²) in [5, 5.41) is 1.21. The molecule has 0 spiro atoms. The highest BCUT2D eigenvalue weighted by atomic mass is 19.3. The monoisotopic (exact) mass is 360 g/mol. The molecule has 0 aromatic heterocycles. The highest BCUT2D eigenvalue weighted by Gasteiger charge is 2.22. The molecular weight excluding hydrogens is 333 g/mol. The first-order valence-corrected chi connectivity index (χ1v) is 9.83. The molecule has 26 heavy (non-hydrogen) atoms. The maximum atomic E-state index is 14.4. The number of halogens is 3. The van der Waals surface area contributed by atoms with Crippen LogP contribution in [-0.4, -0.2) is 0 Å². The fourth-order valence-corrected chi connectivity index (χ4v) is 4.28. The lowest BCUT2D eigenvalue weighted by molar-refractivity contribution is 0.303. The minimum Gasteiger partial charge on any atom is -0.206 e. The average molecular weight is 360 g/mol. The molecule has 0 saturated heterocycles. The second-order valence-electron chi connectivity index (χ2n) is 7.60. The fraction of sp³-hybridized carbons (Fsp3) is 0.478. The van der Waals surface area contributed by atoms with Crippen LogP contribution in [-0.2, 0) is 0 Å². The lowest BCUT2D eigenvalue weighted by Gasteiger charge is -2.29. The summed E-state index contributed by atoms with van der Waals surface area (Å²) in [5.74, 6) is 0.829. The van der Waals surface area contributed by atoms with Gasteiger partial charge in [-0.05, 0) is 48.5 Å². The van der Waals surface area contributed by atoms with Crippen LogP contribution in [0.3, 0.4) is 0 Å². The largest absolute Gasteiger partial charge is 0.271 e. The minimum atomic E-state index is -1.88. The molecule has 0 radical (unpaired) electrons. The number of fused-ring (bicyclic) bond motifs is 1. The van der Waals surface area contributed by atoms with Gasteiger partial charge in [0.05, 0.1) is 0 Å². The van der Waals surface area contributed by atoms with Crippen molar-refractivity contribution in [1.82, 2.24) is 0 Å². The van der Waals surface area contributed by atoms with E-state index in [1.54, 1.807) is 12.1 Å². The van der Waals surface area contributed by atoms with Gasteiger partial charge in [-0.2, -0.15) is 8.78 Å². The van der Waals surface area contributed by atoms with Gasteiger partial charge in [0.1, 0.15) is 5.82 Å². The van der Waals surface area contributed by atoms with Gasteiger partial charge < -0.3 is 0 Å². The maximum Gasteiger partial charge on any atom is 0.271 e. The van der Waals surface area contributed by atoms with Gasteiger partial charge in [-0.25, -0.2) is 4.39 Å². The first-order chi connectivity index (χ1) is 12.6. The van der Waals surface area contributed by atoms with E-state index in [1.165, 1.54) is 63.0 Å². The molecule has 0 aliphatic heterocycles. The molecule has 0 nitrogen and oxygen atoms in total. The van der Waals surface area contributed by atoms with Crippen molar-refractivity contribution in [2.45, 2.75) is 64.2 Å². The summed E-state index contributed by atoms with van der Waals surface area (Å²) in [6.45, 7) is 2.24. The second kappa shape index (κ2) is 8.75. The SMILES string of the molecule is CCCCCC1CCC(c2ccc3c(F)c(C=C(F)F)ccc3c2)CC1. The Labute approximate surface area is 154 Å². The Morgan fingerprint density at radius 2 is 1.81 bits per heavy atom. The maximum absolute atomic E-state index is 14.4. The van der Waals surface area contributed by atoms with Crippen molar-refractivity contribution in [1.29, 1.82) is 0 Å². The highest BCUT2D eigenvalue weighted by molar-refractivity contribution is 5.86. The Balaban J connectivity index is 1.71. The van der Waals surface area contributed by atoms with Crippen molar-refractivity contribution < 1.29 is 13.2 Å². The molecule has 0 atom stereocenters. The summed E-state index contributed by atoms with van der Waals surface area (Å²) in [7, 11) is 0. The third kappa shape index (κ3) is 4.49. The second-order valence-corrected chi connectivity index (χ2v) is 7.60. The molecule has 1 fully saturated rings. The van der Waals surface area contributed by atoms with Crippen LogP contribution in [0.25, 0.3) is 16.8 Å². The quantitative estimate of drug-likeness (QED) is 0.457. The van der Waals surface area contributed by atoms with Gasteiger partial charge in [-0.15, -0.1) is 0 Å². The summed E-state index contributed by atoms with van der Waals surface area (Å²) >= 11 is 0. The van der Waals surface area contributed by atoms with Crippen molar-refractivity contribution in [2.24, 2.45) is 5.92 Å². The van der Waals surface area contributed by atoms with Gasteiger partial charge in [0, 0.05) is 17.0 Å². The first-order valence-electron chi connectivity index (χ1n) is 9.83. The van der Waals surface area contributed by atoms with E-state index in [1.807, 2.05) is 12.1 Å². The molecule has 0 N–H and O–H groups in total. The molecular formula is C23H27F3. The van der Waals surface area contributed by atoms with Crippen LogP contribution in [0.1, 0.15) is 75.3 Å². The smallest absolute Gasteiger partial charge is 0.206 e. The van der Waals surface area contributed by atoms with Crippen molar-refractivity contribution in [3.05, 3.63) is 53.4 Å².